The Bertz CT molecular complexity index is 561. The predicted molar refractivity (Wildman–Crippen MR) is 61.1 cm³/mol. The van der Waals surface area contributed by atoms with Gasteiger partial charge in [-0.1, -0.05) is 6.08 Å². The topological polar surface area (TPSA) is 72.2 Å². The lowest BCUT2D eigenvalue weighted by molar-refractivity contribution is 0.586. The van der Waals surface area contributed by atoms with Gasteiger partial charge >= 0.3 is 0 Å². The maximum Gasteiger partial charge on any atom is 0.173 e. The molecule has 1 unspecified atom stereocenters. The van der Waals surface area contributed by atoms with Crippen LogP contribution in [0.25, 0.3) is 0 Å². The Kier molecular flexibility index (Phi) is 2.78. The third-order valence-electron chi connectivity index (χ3n) is 2.32. The van der Waals surface area contributed by atoms with Crippen molar-refractivity contribution >= 4 is 21.2 Å². The Labute approximate surface area is 97.0 Å². The zero-order valence-corrected chi connectivity index (χ0v) is 9.47. The van der Waals surface area contributed by atoms with Crippen LogP contribution in [0, 0.1) is 11.6 Å². The summed E-state index contributed by atoms with van der Waals surface area (Å²) < 4.78 is 49.0. The molecule has 1 aliphatic heterocycles. The van der Waals surface area contributed by atoms with Crippen LogP contribution in [0.2, 0.25) is 0 Å². The summed E-state index contributed by atoms with van der Waals surface area (Å²) in [5.41, 5.74) is 4.86. The summed E-state index contributed by atoms with van der Waals surface area (Å²) in [4.78, 5) is 0. The van der Waals surface area contributed by atoms with Crippen LogP contribution in [0.3, 0.4) is 0 Å². The summed E-state index contributed by atoms with van der Waals surface area (Å²) in [6.45, 7) is 0. The standard InChI is InChI=1S/C10H10F2N2O2S/c11-8-3-6(13)4-9(12)10(8)14-7-1-2-17(15,16)5-7/h1-4,7,14H,5,13H2. The lowest BCUT2D eigenvalue weighted by Crippen LogP contribution is -2.22. The van der Waals surface area contributed by atoms with E-state index >= 15 is 0 Å². The first-order valence-corrected chi connectivity index (χ1v) is 6.51. The number of nitrogen functional groups attached to an aromatic ring is 1. The van der Waals surface area contributed by atoms with Crippen LogP contribution in [0.4, 0.5) is 20.2 Å². The molecule has 7 heteroatoms. The average Bonchev–Trinajstić information content (AvgIpc) is 2.52. The van der Waals surface area contributed by atoms with Crippen LogP contribution in [0.5, 0.6) is 0 Å². The van der Waals surface area contributed by atoms with E-state index in [9.17, 15) is 17.2 Å². The minimum absolute atomic E-state index is 0.0277. The van der Waals surface area contributed by atoms with Gasteiger partial charge in [-0.3, -0.25) is 0 Å². The molecule has 0 spiro atoms. The van der Waals surface area contributed by atoms with E-state index < -0.39 is 27.5 Å². The largest absolute Gasteiger partial charge is 0.399 e. The van der Waals surface area contributed by atoms with Crippen molar-refractivity contribution in [2.75, 3.05) is 16.8 Å². The van der Waals surface area contributed by atoms with Crippen LogP contribution in [-0.4, -0.2) is 20.2 Å². The third kappa shape index (κ3) is 2.55. The number of sulfone groups is 1. The molecule has 1 aromatic carbocycles. The number of benzene rings is 1. The molecular weight excluding hydrogens is 250 g/mol. The van der Waals surface area contributed by atoms with Gasteiger partial charge in [0.15, 0.2) is 21.5 Å². The minimum Gasteiger partial charge on any atom is -0.399 e. The second-order valence-corrected chi connectivity index (χ2v) is 5.70. The highest BCUT2D eigenvalue weighted by molar-refractivity contribution is 7.94. The van der Waals surface area contributed by atoms with Gasteiger partial charge in [0.2, 0.25) is 0 Å². The average molecular weight is 260 g/mol. The van der Waals surface area contributed by atoms with Gasteiger partial charge in [-0.2, -0.15) is 0 Å². The fourth-order valence-corrected chi connectivity index (χ4v) is 2.82. The zero-order chi connectivity index (χ0) is 12.6. The highest BCUT2D eigenvalue weighted by atomic mass is 32.2. The SMILES string of the molecule is Nc1cc(F)c(NC2C=CS(=O)(=O)C2)c(F)c1. The zero-order valence-electron chi connectivity index (χ0n) is 8.65. The molecule has 3 N–H and O–H groups in total. The van der Waals surface area contributed by atoms with Crippen molar-refractivity contribution in [3.8, 4) is 0 Å². The summed E-state index contributed by atoms with van der Waals surface area (Å²) in [6.07, 6.45) is 1.35. The smallest absolute Gasteiger partial charge is 0.173 e. The molecule has 0 bridgehead atoms. The van der Waals surface area contributed by atoms with E-state index in [4.69, 9.17) is 5.73 Å². The van der Waals surface area contributed by atoms with Crippen LogP contribution in [-0.2, 0) is 9.84 Å². The lowest BCUT2D eigenvalue weighted by Gasteiger charge is -2.13. The van der Waals surface area contributed by atoms with Crippen molar-refractivity contribution in [2.45, 2.75) is 6.04 Å². The minimum atomic E-state index is -3.26. The van der Waals surface area contributed by atoms with Gasteiger partial charge in [0.25, 0.3) is 0 Å². The molecule has 4 nitrogen and oxygen atoms in total. The molecule has 92 valence electrons. The first kappa shape index (κ1) is 11.8. The number of hydrogen-bond donors (Lipinski definition) is 2. The second kappa shape index (κ2) is 3.99. The van der Waals surface area contributed by atoms with Crippen molar-refractivity contribution in [1.82, 2.24) is 0 Å². The summed E-state index contributed by atoms with van der Waals surface area (Å²) in [6, 6.07) is 1.31. The van der Waals surface area contributed by atoms with Crippen LogP contribution in [0.15, 0.2) is 23.6 Å². The lowest BCUT2D eigenvalue weighted by atomic mass is 10.2. The Morgan fingerprint density at radius 3 is 2.35 bits per heavy atom. The quantitative estimate of drug-likeness (QED) is 0.785. The summed E-state index contributed by atoms with van der Waals surface area (Å²) in [5.74, 6) is -1.91. The Balaban J connectivity index is 2.24. The van der Waals surface area contributed by atoms with E-state index in [2.05, 4.69) is 5.32 Å². The molecule has 0 saturated carbocycles. The van der Waals surface area contributed by atoms with Crippen molar-refractivity contribution in [1.29, 1.82) is 0 Å². The molecule has 0 amide bonds. The molecule has 0 fully saturated rings. The van der Waals surface area contributed by atoms with Crippen LogP contribution < -0.4 is 11.1 Å². The molecule has 17 heavy (non-hydrogen) atoms. The van der Waals surface area contributed by atoms with Crippen molar-refractivity contribution < 1.29 is 17.2 Å². The molecular formula is C10H10F2N2O2S. The normalized spacial score (nSPS) is 21.6. The van der Waals surface area contributed by atoms with Crippen LogP contribution >= 0.6 is 0 Å². The maximum atomic E-state index is 13.4. The molecule has 0 saturated heterocycles. The molecule has 0 radical (unpaired) electrons. The van der Waals surface area contributed by atoms with Crippen LogP contribution in [0.1, 0.15) is 0 Å². The Hall–Kier alpha value is -1.63. The predicted octanol–water partition coefficient (Wildman–Crippen LogP) is 1.27. The molecule has 0 aromatic heterocycles. The van der Waals surface area contributed by atoms with Gasteiger partial charge in [0.05, 0.1) is 11.8 Å². The second-order valence-electron chi connectivity index (χ2n) is 3.77. The number of anilines is 2. The monoisotopic (exact) mass is 260 g/mol. The summed E-state index contributed by atoms with van der Waals surface area (Å²) in [5, 5.41) is 3.51. The molecule has 1 atom stereocenters. The first-order valence-electron chi connectivity index (χ1n) is 4.79. The van der Waals surface area contributed by atoms with Gasteiger partial charge in [0.1, 0.15) is 5.69 Å². The molecule has 1 aromatic rings. The first-order chi connectivity index (χ1) is 7.87. The van der Waals surface area contributed by atoms with E-state index in [0.717, 1.165) is 17.5 Å². The molecule has 1 aliphatic rings. The maximum absolute atomic E-state index is 13.4. The number of halogens is 2. The van der Waals surface area contributed by atoms with Gasteiger partial charge in [0, 0.05) is 11.1 Å². The third-order valence-corrected chi connectivity index (χ3v) is 3.72. The van der Waals surface area contributed by atoms with E-state index in [1.165, 1.54) is 6.08 Å². The fraction of sp³-hybridized carbons (Fsp3) is 0.200. The van der Waals surface area contributed by atoms with Crippen molar-refractivity contribution in [3.05, 3.63) is 35.3 Å². The van der Waals surface area contributed by atoms with Crippen molar-refractivity contribution in [2.24, 2.45) is 0 Å². The van der Waals surface area contributed by atoms with Gasteiger partial charge in [-0.05, 0) is 12.1 Å². The summed E-state index contributed by atoms with van der Waals surface area (Å²) >= 11 is 0. The molecule has 2 rings (SSSR count). The Morgan fingerprint density at radius 2 is 1.88 bits per heavy atom. The van der Waals surface area contributed by atoms with Gasteiger partial charge < -0.3 is 11.1 Å². The fourth-order valence-electron chi connectivity index (χ4n) is 1.58. The van der Waals surface area contributed by atoms with Gasteiger partial charge in [-0.25, -0.2) is 17.2 Å². The van der Waals surface area contributed by atoms with E-state index in [-0.39, 0.29) is 17.1 Å². The number of nitrogens with two attached hydrogens (primary N) is 1. The number of hydrogen-bond acceptors (Lipinski definition) is 4. The highest BCUT2D eigenvalue weighted by Crippen LogP contribution is 2.24. The van der Waals surface area contributed by atoms with Gasteiger partial charge in [-0.15, -0.1) is 0 Å². The highest BCUT2D eigenvalue weighted by Gasteiger charge is 2.23. The molecule has 1 heterocycles. The number of rotatable bonds is 2. The summed E-state index contributed by atoms with van der Waals surface area (Å²) in [7, 11) is -3.26. The Morgan fingerprint density at radius 1 is 1.29 bits per heavy atom. The van der Waals surface area contributed by atoms with E-state index in [1.54, 1.807) is 0 Å². The van der Waals surface area contributed by atoms with E-state index in [0.29, 0.717) is 0 Å². The van der Waals surface area contributed by atoms with Crippen molar-refractivity contribution in [3.63, 3.8) is 0 Å². The van der Waals surface area contributed by atoms with E-state index in [1.807, 2.05) is 0 Å². The molecule has 0 aliphatic carbocycles. The number of nitrogens with one attached hydrogen (secondary N) is 1.